The number of benzene rings is 2. The lowest BCUT2D eigenvalue weighted by Crippen LogP contribution is -2.14. The SMILES string of the molecule is Cc1ccc(CC(=O)Nc2ccc3c(C)cc(=O)oc3c2)cc1. The van der Waals surface area contributed by atoms with Crippen molar-refractivity contribution in [3.05, 3.63) is 75.6 Å². The highest BCUT2D eigenvalue weighted by Gasteiger charge is 2.07. The van der Waals surface area contributed by atoms with E-state index >= 15 is 0 Å². The van der Waals surface area contributed by atoms with Gasteiger partial charge in [-0.25, -0.2) is 4.79 Å². The molecular weight excluding hydrogens is 290 g/mol. The first kappa shape index (κ1) is 15.0. The zero-order valence-electron chi connectivity index (χ0n) is 13.1. The van der Waals surface area contributed by atoms with Crippen LogP contribution in [0.2, 0.25) is 0 Å². The van der Waals surface area contributed by atoms with Crippen molar-refractivity contribution in [1.82, 2.24) is 0 Å². The molecule has 23 heavy (non-hydrogen) atoms. The molecule has 0 aliphatic heterocycles. The van der Waals surface area contributed by atoms with Crippen LogP contribution in [0.15, 0.2) is 57.7 Å². The number of carbonyl (C=O) groups excluding carboxylic acids is 1. The quantitative estimate of drug-likeness (QED) is 0.752. The van der Waals surface area contributed by atoms with Gasteiger partial charge in [-0.15, -0.1) is 0 Å². The van der Waals surface area contributed by atoms with E-state index < -0.39 is 5.63 Å². The molecule has 4 heteroatoms. The van der Waals surface area contributed by atoms with Crippen LogP contribution >= 0.6 is 0 Å². The lowest BCUT2D eigenvalue weighted by atomic mass is 10.1. The Morgan fingerprint density at radius 1 is 1.04 bits per heavy atom. The molecule has 1 N–H and O–H groups in total. The number of aryl methyl sites for hydroxylation is 2. The summed E-state index contributed by atoms with van der Waals surface area (Å²) in [6, 6.07) is 14.6. The average Bonchev–Trinajstić information content (AvgIpc) is 2.49. The van der Waals surface area contributed by atoms with E-state index in [9.17, 15) is 9.59 Å². The molecule has 0 spiro atoms. The summed E-state index contributed by atoms with van der Waals surface area (Å²) in [6.45, 7) is 3.86. The summed E-state index contributed by atoms with van der Waals surface area (Å²) in [7, 11) is 0. The molecule has 2 aromatic carbocycles. The second-order valence-electron chi connectivity index (χ2n) is 5.67. The van der Waals surface area contributed by atoms with E-state index in [2.05, 4.69) is 5.32 Å². The van der Waals surface area contributed by atoms with Gasteiger partial charge in [-0.2, -0.15) is 0 Å². The highest BCUT2D eigenvalue weighted by Crippen LogP contribution is 2.20. The minimum Gasteiger partial charge on any atom is -0.423 e. The molecule has 0 fully saturated rings. The largest absolute Gasteiger partial charge is 0.423 e. The molecular formula is C19H17NO3. The van der Waals surface area contributed by atoms with Crippen molar-refractivity contribution in [2.24, 2.45) is 0 Å². The second kappa shape index (κ2) is 6.08. The Morgan fingerprint density at radius 3 is 2.52 bits per heavy atom. The normalized spacial score (nSPS) is 10.7. The van der Waals surface area contributed by atoms with Gasteiger partial charge in [0, 0.05) is 23.2 Å². The van der Waals surface area contributed by atoms with Gasteiger partial charge in [-0.05, 0) is 37.1 Å². The van der Waals surface area contributed by atoms with Gasteiger partial charge < -0.3 is 9.73 Å². The van der Waals surface area contributed by atoms with Crippen LogP contribution in [-0.2, 0) is 11.2 Å². The van der Waals surface area contributed by atoms with E-state index in [1.165, 1.54) is 6.07 Å². The van der Waals surface area contributed by atoms with E-state index in [1.807, 2.05) is 50.2 Å². The van der Waals surface area contributed by atoms with Crippen LogP contribution in [0.3, 0.4) is 0 Å². The summed E-state index contributed by atoms with van der Waals surface area (Å²) in [6.07, 6.45) is 0.302. The van der Waals surface area contributed by atoms with Crippen molar-refractivity contribution >= 4 is 22.6 Å². The molecule has 116 valence electrons. The fourth-order valence-electron chi connectivity index (χ4n) is 2.50. The third-order valence-corrected chi connectivity index (χ3v) is 3.72. The number of hydrogen-bond donors (Lipinski definition) is 1. The van der Waals surface area contributed by atoms with E-state index in [0.29, 0.717) is 17.7 Å². The summed E-state index contributed by atoms with van der Waals surface area (Å²) in [5.74, 6) is -0.108. The predicted molar refractivity (Wildman–Crippen MR) is 90.7 cm³/mol. The number of carbonyl (C=O) groups is 1. The first-order valence-corrected chi connectivity index (χ1v) is 7.41. The second-order valence-corrected chi connectivity index (χ2v) is 5.67. The summed E-state index contributed by atoms with van der Waals surface area (Å²) < 4.78 is 5.19. The molecule has 0 bridgehead atoms. The first-order valence-electron chi connectivity index (χ1n) is 7.41. The third kappa shape index (κ3) is 3.48. The molecule has 1 amide bonds. The van der Waals surface area contributed by atoms with E-state index in [-0.39, 0.29) is 5.91 Å². The highest BCUT2D eigenvalue weighted by molar-refractivity contribution is 5.94. The molecule has 0 unspecified atom stereocenters. The van der Waals surface area contributed by atoms with Crippen LogP contribution < -0.4 is 10.9 Å². The number of amides is 1. The minimum absolute atomic E-state index is 0.108. The summed E-state index contributed by atoms with van der Waals surface area (Å²) in [4.78, 5) is 23.6. The Labute approximate surface area is 133 Å². The Bertz CT molecular complexity index is 923. The van der Waals surface area contributed by atoms with Crippen molar-refractivity contribution in [3.63, 3.8) is 0 Å². The van der Waals surface area contributed by atoms with Gasteiger partial charge in [0.05, 0.1) is 6.42 Å². The van der Waals surface area contributed by atoms with E-state index in [4.69, 9.17) is 4.42 Å². The first-order chi connectivity index (χ1) is 11.0. The van der Waals surface area contributed by atoms with Gasteiger partial charge >= 0.3 is 5.63 Å². The minimum atomic E-state index is -0.391. The number of fused-ring (bicyclic) bond motifs is 1. The summed E-state index contributed by atoms with van der Waals surface area (Å²) >= 11 is 0. The Morgan fingerprint density at radius 2 is 1.78 bits per heavy atom. The maximum Gasteiger partial charge on any atom is 0.336 e. The zero-order valence-corrected chi connectivity index (χ0v) is 13.1. The van der Waals surface area contributed by atoms with Crippen molar-refractivity contribution in [2.45, 2.75) is 20.3 Å². The summed E-state index contributed by atoms with van der Waals surface area (Å²) in [5.41, 5.74) is 3.67. The maximum absolute atomic E-state index is 12.1. The van der Waals surface area contributed by atoms with Crippen molar-refractivity contribution < 1.29 is 9.21 Å². The zero-order chi connectivity index (χ0) is 16.4. The molecule has 1 heterocycles. The van der Waals surface area contributed by atoms with Crippen LogP contribution in [0.4, 0.5) is 5.69 Å². The molecule has 0 atom stereocenters. The molecule has 3 aromatic rings. The maximum atomic E-state index is 12.1. The van der Waals surface area contributed by atoms with Crippen LogP contribution in [-0.4, -0.2) is 5.91 Å². The third-order valence-electron chi connectivity index (χ3n) is 3.72. The van der Waals surface area contributed by atoms with Crippen LogP contribution in [0, 0.1) is 13.8 Å². The number of hydrogen-bond acceptors (Lipinski definition) is 3. The van der Waals surface area contributed by atoms with E-state index in [1.54, 1.807) is 6.07 Å². The summed E-state index contributed by atoms with van der Waals surface area (Å²) in [5, 5.41) is 3.70. The molecule has 0 aliphatic rings. The molecule has 1 aromatic heterocycles. The fraction of sp³-hybridized carbons (Fsp3) is 0.158. The van der Waals surface area contributed by atoms with Gasteiger partial charge in [0.15, 0.2) is 0 Å². The smallest absolute Gasteiger partial charge is 0.336 e. The number of anilines is 1. The fourth-order valence-corrected chi connectivity index (χ4v) is 2.50. The van der Waals surface area contributed by atoms with Gasteiger partial charge in [0.25, 0.3) is 0 Å². The molecule has 3 rings (SSSR count). The average molecular weight is 307 g/mol. The lowest BCUT2D eigenvalue weighted by Gasteiger charge is -2.07. The molecule has 0 aliphatic carbocycles. The number of nitrogens with one attached hydrogen (secondary N) is 1. The predicted octanol–water partition coefficient (Wildman–Crippen LogP) is 3.59. The molecule has 0 saturated heterocycles. The lowest BCUT2D eigenvalue weighted by molar-refractivity contribution is -0.115. The highest BCUT2D eigenvalue weighted by atomic mass is 16.4. The van der Waals surface area contributed by atoms with Gasteiger partial charge in [0.2, 0.25) is 5.91 Å². The van der Waals surface area contributed by atoms with Crippen LogP contribution in [0.25, 0.3) is 11.0 Å². The van der Waals surface area contributed by atoms with Crippen molar-refractivity contribution in [1.29, 1.82) is 0 Å². The number of rotatable bonds is 3. The van der Waals surface area contributed by atoms with Crippen LogP contribution in [0.5, 0.6) is 0 Å². The molecule has 4 nitrogen and oxygen atoms in total. The Balaban J connectivity index is 1.79. The van der Waals surface area contributed by atoms with Crippen LogP contribution in [0.1, 0.15) is 16.7 Å². The van der Waals surface area contributed by atoms with Gasteiger partial charge in [-0.1, -0.05) is 29.8 Å². The van der Waals surface area contributed by atoms with E-state index in [0.717, 1.165) is 22.1 Å². The van der Waals surface area contributed by atoms with Gasteiger partial charge in [-0.3, -0.25) is 4.79 Å². The monoisotopic (exact) mass is 307 g/mol. The van der Waals surface area contributed by atoms with Crippen molar-refractivity contribution in [2.75, 3.05) is 5.32 Å². The Kier molecular flexibility index (Phi) is 3.98. The molecule has 0 saturated carbocycles. The molecule has 0 radical (unpaired) electrons. The van der Waals surface area contributed by atoms with Gasteiger partial charge in [0.1, 0.15) is 5.58 Å². The Hall–Kier alpha value is -2.88. The topological polar surface area (TPSA) is 59.3 Å². The standard InChI is InChI=1S/C19H17NO3/c1-12-3-5-14(6-4-12)10-18(21)20-15-7-8-16-13(2)9-19(22)23-17(16)11-15/h3-9,11H,10H2,1-2H3,(H,20,21). The van der Waals surface area contributed by atoms with Crippen molar-refractivity contribution in [3.8, 4) is 0 Å².